The van der Waals surface area contributed by atoms with Crippen LogP contribution in [0.3, 0.4) is 0 Å². The molecule has 1 fully saturated rings. The molecule has 0 aliphatic heterocycles. The Kier molecular flexibility index (Phi) is 4.95. The number of anilines is 2. The van der Waals surface area contributed by atoms with Gasteiger partial charge in [0, 0.05) is 19.6 Å². The van der Waals surface area contributed by atoms with E-state index in [1.807, 2.05) is 7.05 Å². The molecule has 3 N–H and O–H groups in total. The average Bonchev–Trinajstić information content (AvgIpc) is 2.94. The lowest BCUT2D eigenvalue weighted by molar-refractivity contribution is 0.191. The third-order valence-electron chi connectivity index (χ3n) is 4.79. The summed E-state index contributed by atoms with van der Waals surface area (Å²) in [5, 5.41) is 8.25. The Labute approximate surface area is 137 Å². The van der Waals surface area contributed by atoms with Crippen LogP contribution in [0, 0.1) is 0 Å². The van der Waals surface area contributed by atoms with Gasteiger partial charge in [-0.05, 0) is 32.9 Å². The van der Waals surface area contributed by atoms with Gasteiger partial charge in [0.25, 0.3) is 0 Å². The molecule has 126 valence electrons. The summed E-state index contributed by atoms with van der Waals surface area (Å²) in [5.74, 6) is 1.06. The second-order valence-corrected chi connectivity index (χ2v) is 6.49. The number of nitrogen functional groups attached to an aromatic ring is 1. The van der Waals surface area contributed by atoms with Gasteiger partial charge < -0.3 is 16.0 Å². The number of hydrogen-bond donors (Lipinski definition) is 2. The minimum absolute atomic E-state index is 0.477. The van der Waals surface area contributed by atoms with Gasteiger partial charge in [-0.1, -0.05) is 19.3 Å². The van der Waals surface area contributed by atoms with Crippen molar-refractivity contribution in [3.8, 4) is 0 Å². The highest BCUT2D eigenvalue weighted by Crippen LogP contribution is 2.21. The first-order valence-corrected chi connectivity index (χ1v) is 8.54. The van der Waals surface area contributed by atoms with Crippen molar-refractivity contribution >= 4 is 22.8 Å². The Morgan fingerprint density at radius 2 is 2.09 bits per heavy atom. The van der Waals surface area contributed by atoms with Crippen molar-refractivity contribution < 1.29 is 0 Å². The van der Waals surface area contributed by atoms with Gasteiger partial charge in [0.2, 0.25) is 5.95 Å². The molecule has 0 aromatic carbocycles. The summed E-state index contributed by atoms with van der Waals surface area (Å²) in [7, 11) is 4.10. The Hall–Kier alpha value is -1.89. The highest BCUT2D eigenvalue weighted by atomic mass is 15.3. The molecule has 2 aromatic heterocycles. The largest absolute Gasteiger partial charge is 0.383 e. The van der Waals surface area contributed by atoms with Crippen LogP contribution >= 0.6 is 0 Å². The fourth-order valence-corrected chi connectivity index (χ4v) is 3.36. The molecule has 7 heteroatoms. The lowest BCUT2D eigenvalue weighted by Crippen LogP contribution is -2.34. The highest BCUT2D eigenvalue weighted by molar-refractivity contribution is 5.86. The van der Waals surface area contributed by atoms with E-state index in [4.69, 9.17) is 5.73 Å². The molecule has 0 amide bonds. The van der Waals surface area contributed by atoms with E-state index in [2.05, 4.69) is 32.3 Å². The number of nitrogens with zero attached hydrogens (tertiary/aromatic N) is 5. The van der Waals surface area contributed by atoms with Crippen molar-refractivity contribution in [2.45, 2.75) is 44.6 Å². The summed E-state index contributed by atoms with van der Waals surface area (Å²) in [5.41, 5.74) is 6.73. The van der Waals surface area contributed by atoms with Crippen LogP contribution in [-0.2, 0) is 7.05 Å². The van der Waals surface area contributed by atoms with Crippen molar-refractivity contribution in [3.63, 3.8) is 0 Å². The number of fused-ring (bicyclic) bond motifs is 1. The smallest absolute Gasteiger partial charge is 0.226 e. The molecule has 0 atom stereocenters. The third-order valence-corrected chi connectivity index (χ3v) is 4.79. The summed E-state index contributed by atoms with van der Waals surface area (Å²) in [4.78, 5) is 11.3. The molecule has 3 rings (SSSR count). The summed E-state index contributed by atoms with van der Waals surface area (Å²) in [6.45, 7) is 1.95. The third kappa shape index (κ3) is 3.72. The van der Waals surface area contributed by atoms with Gasteiger partial charge in [0.05, 0.1) is 11.6 Å². The van der Waals surface area contributed by atoms with Crippen LogP contribution in [0.1, 0.15) is 38.5 Å². The van der Waals surface area contributed by atoms with Crippen molar-refractivity contribution in [3.05, 3.63) is 6.20 Å². The summed E-state index contributed by atoms with van der Waals surface area (Å²) in [6.07, 6.45) is 9.63. The lowest BCUT2D eigenvalue weighted by atomic mass is 9.94. The van der Waals surface area contributed by atoms with Gasteiger partial charge in [0.1, 0.15) is 5.82 Å². The zero-order valence-electron chi connectivity index (χ0n) is 14.1. The second-order valence-electron chi connectivity index (χ2n) is 6.49. The highest BCUT2D eigenvalue weighted by Gasteiger charge is 2.17. The summed E-state index contributed by atoms with van der Waals surface area (Å²) in [6, 6.07) is 0.765. The minimum Gasteiger partial charge on any atom is -0.383 e. The van der Waals surface area contributed by atoms with E-state index < -0.39 is 0 Å². The van der Waals surface area contributed by atoms with E-state index in [1.54, 1.807) is 10.9 Å². The molecule has 0 bridgehead atoms. The standard InChI is InChI=1S/C16H27N7/c1-22(12-7-4-3-5-8-12)10-6-9-18-16-20-14(17)13-11-19-23(2)15(13)21-16/h11-12H,3-10H2,1-2H3,(H3,17,18,20,21). The normalized spacial score (nSPS) is 16.3. The van der Waals surface area contributed by atoms with Crippen LogP contribution in [0.4, 0.5) is 11.8 Å². The molecule has 2 aromatic rings. The van der Waals surface area contributed by atoms with Gasteiger partial charge in [-0.15, -0.1) is 0 Å². The van der Waals surface area contributed by atoms with Gasteiger partial charge in [-0.25, -0.2) is 0 Å². The summed E-state index contributed by atoms with van der Waals surface area (Å²) < 4.78 is 1.72. The first-order chi connectivity index (χ1) is 11.1. The maximum atomic E-state index is 5.97. The SMILES string of the molecule is CN(CCCNc1nc(N)c2cnn(C)c2n1)C1CCCCC1. The number of rotatable bonds is 6. The van der Waals surface area contributed by atoms with Crippen LogP contribution < -0.4 is 11.1 Å². The Bertz CT molecular complexity index is 645. The molecular formula is C16H27N7. The van der Waals surface area contributed by atoms with E-state index >= 15 is 0 Å². The average molecular weight is 317 g/mol. The molecule has 1 aliphatic carbocycles. The number of nitrogens with one attached hydrogen (secondary N) is 1. The zero-order valence-corrected chi connectivity index (χ0v) is 14.1. The first kappa shape index (κ1) is 16.0. The predicted molar refractivity (Wildman–Crippen MR) is 93.3 cm³/mol. The van der Waals surface area contributed by atoms with E-state index in [9.17, 15) is 0 Å². The fourth-order valence-electron chi connectivity index (χ4n) is 3.36. The van der Waals surface area contributed by atoms with Crippen molar-refractivity contribution in [2.75, 3.05) is 31.2 Å². The van der Waals surface area contributed by atoms with Gasteiger partial charge >= 0.3 is 0 Å². The molecule has 7 nitrogen and oxygen atoms in total. The molecule has 0 spiro atoms. The molecule has 2 heterocycles. The topological polar surface area (TPSA) is 84.9 Å². The lowest BCUT2D eigenvalue weighted by Gasteiger charge is -2.31. The van der Waals surface area contributed by atoms with Crippen LogP contribution in [0.5, 0.6) is 0 Å². The first-order valence-electron chi connectivity index (χ1n) is 8.54. The molecule has 1 aliphatic rings. The van der Waals surface area contributed by atoms with E-state index in [0.29, 0.717) is 11.8 Å². The fraction of sp³-hybridized carbons (Fsp3) is 0.688. The quantitative estimate of drug-likeness (QED) is 0.793. The van der Waals surface area contributed by atoms with Crippen LogP contribution in [-0.4, -0.2) is 50.8 Å². The van der Waals surface area contributed by atoms with Crippen molar-refractivity contribution in [1.29, 1.82) is 0 Å². The molecule has 0 saturated heterocycles. The Morgan fingerprint density at radius 3 is 2.87 bits per heavy atom. The van der Waals surface area contributed by atoms with Gasteiger partial charge in [-0.2, -0.15) is 15.1 Å². The van der Waals surface area contributed by atoms with Gasteiger partial charge in [-0.3, -0.25) is 4.68 Å². The number of hydrogen-bond acceptors (Lipinski definition) is 6. The molecule has 1 saturated carbocycles. The number of nitrogens with two attached hydrogens (primary N) is 1. The van der Waals surface area contributed by atoms with E-state index in [0.717, 1.165) is 36.6 Å². The number of aromatic nitrogens is 4. The molecular weight excluding hydrogens is 290 g/mol. The maximum Gasteiger partial charge on any atom is 0.226 e. The summed E-state index contributed by atoms with van der Waals surface area (Å²) >= 11 is 0. The Morgan fingerprint density at radius 1 is 1.30 bits per heavy atom. The minimum atomic E-state index is 0.477. The van der Waals surface area contributed by atoms with E-state index in [1.165, 1.54) is 32.1 Å². The van der Waals surface area contributed by atoms with Gasteiger partial charge in [0.15, 0.2) is 5.65 Å². The van der Waals surface area contributed by atoms with E-state index in [-0.39, 0.29) is 0 Å². The second kappa shape index (κ2) is 7.12. The van der Waals surface area contributed by atoms with Crippen molar-refractivity contribution in [1.82, 2.24) is 24.6 Å². The monoisotopic (exact) mass is 317 g/mol. The number of aryl methyl sites for hydroxylation is 1. The molecule has 23 heavy (non-hydrogen) atoms. The van der Waals surface area contributed by atoms with Crippen LogP contribution in [0.25, 0.3) is 11.0 Å². The van der Waals surface area contributed by atoms with Crippen LogP contribution in [0.15, 0.2) is 6.20 Å². The van der Waals surface area contributed by atoms with Crippen molar-refractivity contribution in [2.24, 2.45) is 7.05 Å². The molecule has 0 radical (unpaired) electrons. The maximum absolute atomic E-state index is 5.97. The predicted octanol–water partition coefficient (Wildman–Crippen LogP) is 2.01. The zero-order chi connectivity index (χ0) is 16.2. The molecule has 0 unspecified atom stereocenters. The van der Waals surface area contributed by atoms with Crippen LogP contribution in [0.2, 0.25) is 0 Å². The Balaban J connectivity index is 1.49.